The number of amides is 1. The summed E-state index contributed by atoms with van der Waals surface area (Å²) in [5.41, 5.74) is 2.46. The van der Waals surface area contributed by atoms with E-state index in [9.17, 15) is 9.59 Å². The molecule has 0 saturated carbocycles. The summed E-state index contributed by atoms with van der Waals surface area (Å²) < 4.78 is 0. The first-order valence-corrected chi connectivity index (χ1v) is 6.61. The van der Waals surface area contributed by atoms with Crippen LogP contribution in [0.4, 0.5) is 0 Å². The zero-order valence-electron chi connectivity index (χ0n) is 11.9. The molecule has 2 aromatic rings. The first-order chi connectivity index (χ1) is 9.95. The van der Waals surface area contributed by atoms with Crippen molar-refractivity contribution in [3.8, 4) is 0 Å². The number of carbonyl (C=O) groups excluding carboxylic acids is 1. The van der Waals surface area contributed by atoms with Crippen molar-refractivity contribution in [3.63, 3.8) is 0 Å². The van der Waals surface area contributed by atoms with Crippen LogP contribution in [-0.2, 0) is 6.42 Å². The maximum atomic E-state index is 12.0. The molecule has 1 unspecified atom stereocenters. The molecule has 1 aromatic heterocycles. The number of carboxylic acid groups (broad SMARTS) is 1. The average molecular weight is 287 g/mol. The summed E-state index contributed by atoms with van der Waals surface area (Å²) in [4.78, 5) is 22.8. The van der Waals surface area contributed by atoms with Crippen LogP contribution < -0.4 is 5.32 Å². The number of H-pyrrole nitrogens is 1. The van der Waals surface area contributed by atoms with Gasteiger partial charge in [-0.05, 0) is 44.2 Å². The Hall–Kier alpha value is -2.63. The van der Waals surface area contributed by atoms with E-state index in [0.717, 1.165) is 11.4 Å². The zero-order valence-corrected chi connectivity index (χ0v) is 11.9. The lowest BCUT2D eigenvalue weighted by molar-refractivity contribution is 0.0696. The number of hydrogen-bond donors (Lipinski definition) is 3. The number of carbonyl (C=O) groups is 2. The van der Waals surface area contributed by atoms with E-state index in [4.69, 9.17) is 5.11 Å². The Balaban J connectivity index is 1.95. The van der Waals surface area contributed by atoms with Crippen LogP contribution >= 0.6 is 0 Å². The summed E-state index contributed by atoms with van der Waals surface area (Å²) in [6.45, 7) is 3.82. The fraction of sp³-hybridized carbons (Fsp3) is 0.267. The Bertz CT molecular complexity index is 646. The molecule has 110 valence electrons. The third-order valence-electron chi connectivity index (χ3n) is 3.05. The minimum atomic E-state index is -1.01. The van der Waals surface area contributed by atoms with Gasteiger partial charge in [0.1, 0.15) is 0 Å². The third kappa shape index (κ3) is 3.92. The molecule has 0 bridgehead atoms. The normalized spacial score (nSPS) is 11.9. The summed E-state index contributed by atoms with van der Waals surface area (Å²) in [6, 6.07) is 7.70. The highest BCUT2D eigenvalue weighted by atomic mass is 16.4. The van der Waals surface area contributed by atoms with Gasteiger partial charge in [-0.25, -0.2) is 4.79 Å². The quantitative estimate of drug-likeness (QED) is 0.781. The minimum absolute atomic E-state index is 0.0700. The summed E-state index contributed by atoms with van der Waals surface area (Å²) >= 11 is 0. The number of aromatic amines is 1. The van der Waals surface area contributed by atoms with Gasteiger partial charge < -0.3 is 10.4 Å². The van der Waals surface area contributed by atoms with Gasteiger partial charge in [-0.1, -0.05) is 0 Å². The molecular formula is C15H17N3O3. The Morgan fingerprint density at radius 3 is 2.43 bits per heavy atom. The van der Waals surface area contributed by atoms with Gasteiger partial charge in [0.05, 0.1) is 11.3 Å². The van der Waals surface area contributed by atoms with E-state index in [1.807, 2.05) is 19.9 Å². The Kier molecular flexibility index (Phi) is 4.37. The predicted molar refractivity (Wildman–Crippen MR) is 77.4 cm³/mol. The molecule has 1 aromatic carbocycles. The van der Waals surface area contributed by atoms with Crippen LogP contribution in [0.5, 0.6) is 0 Å². The molecule has 2 rings (SSSR count). The lowest BCUT2D eigenvalue weighted by Crippen LogP contribution is -2.34. The number of carboxylic acids is 1. The van der Waals surface area contributed by atoms with Gasteiger partial charge in [-0.15, -0.1) is 0 Å². The van der Waals surface area contributed by atoms with E-state index in [2.05, 4.69) is 15.5 Å². The fourth-order valence-electron chi connectivity index (χ4n) is 2.02. The lowest BCUT2D eigenvalue weighted by atomic mass is 10.1. The van der Waals surface area contributed by atoms with Crippen LogP contribution in [-0.4, -0.2) is 33.2 Å². The molecule has 0 aliphatic carbocycles. The summed E-state index contributed by atoms with van der Waals surface area (Å²) in [5.74, 6) is -1.24. The molecule has 1 amide bonds. The average Bonchev–Trinajstić information content (AvgIpc) is 2.83. The smallest absolute Gasteiger partial charge is 0.335 e. The van der Waals surface area contributed by atoms with E-state index in [1.165, 1.54) is 24.3 Å². The second kappa shape index (κ2) is 6.21. The number of hydrogen-bond acceptors (Lipinski definition) is 3. The highest BCUT2D eigenvalue weighted by Crippen LogP contribution is 2.06. The van der Waals surface area contributed by atoms with Gasteiger partial charge in [0.25, 0.3) is 5.91 Å². The predicted octanol–water partition coefficient (Wildman–Crippen LogP) is 1.78. The van der Waals surface area contributed by atoms with Gasteiger partial charge in [0, 0.05) is 23.7 Å². The number of rotatable bonds is 5. The van der Waals surface area contributed by atoms with Crippen molar-refractivity contribution < 1.29 is 14.7 Å². The topological polar surface area (TPSA) is 95.1 Å². The number of nitrogens with zero attached hydrogens (tertiary/aromatic N) is 1. The molecule has 0 aliphatic rings. The van der Waals surface area contributed by atoms with Crippen molar-refractivity contribution in [2.24, 2.45) is 0 Å². The molecule has 0 saturated heterocycles. The highest BCUT2D eigenvalue weighted by molar-refractivity contribution is 5.96. The molecule has 1 atom stereocenters. The van der Waals surface area contributed by atoms with E-state index < -0.39 is 5.97 Å². The van der Waals surface area contributed by atoms with Crippen molar-refractivity contribution in [2.75, 3.05) is 0 Å². The standard InChI is InChI=1S/C15H17N3O3/c1-9(7-13-8-10(2)17-18-13)16-14(19)11-3-5-12(6-4-11)15(20)21/h3-6,8-9H,7H2,1-2H3,(H,16,19)(H,17,18)(H,20,21). The van der Waals surface area contributed by atoms with Crippen LogP contribution in [0.2, 0.25) is 0 Å². The van der Waals surface area contributed by atoms with Gasteiger partial charge in [-0.3, -0.25) is 9.89 Å². The highest BCUT2D eigenvalue weighted by Gasteiger charge is 2.12. The Morgan fingerprint density at radius 2 is 1.90 bits per heavy atom. The van der Waals surface area contributed by atoms with Crippen LogP contribution in [0.1, 0.15) is 39.0 Å². The summed E-state index contributed by atoms with van der Waals surface area (Å²) in [6.07, 6.45) is 0.628. The number of aryl methyl sites for hydroxylation is 1. The van der Waals surface area contributed by atoms with Crippen LogP contribution in [0, 0.1) is 6.92 Å². The number of benzene rings is 1. The second-order valence-electron chi connectivity index (χ2n) is 5.00. The van der Waals surface area contributed by atoms with Gasteiger partial charge in [-0.2, -0.15) is 5.10 Å². The van der Waals surface area contributed by atoms with Gasteiger partial charge in [0.2, 0.25) is 0 Å². The first-order valence-electron chi connectivity index (χ1n) is 6.61. The fourth-order valence-corrected chi connectivity index (χ4v) is 2.02. The molecule has 0 aliphatic heterocycles. The summed E-state index contributed by atoms with van der Waals surface area (Å²) in [5, 5.41) is 18.7. The number of nitrogens with one attached hydrogen (secondary N) is 2. The molecule has 6 heteroatoms. The summed E-state index contributed by atoms with van der Waals surface area (Å²) in [7, 11) is 0. The van der Waals surface area contributed by atoms with Gasteiger partial charge >= 0.3 is 5.97 Å². The lowest BCUT2D eigenvalue weighted by Gasteiger charge is -2.12. The van der Waals surface area contributed by atoms with E-state index in [0.29, 0.717) is 12.0 Å². The molecule has 1 heterocycles. The molecule has 3 N–H and O–H groups in total. The van der Waals surface area contributed by atoms with E-state index in [1.54, 1.807) is 0 Å². The monoisotopic (exact) mass is 287 g/mol. The van der Waals surface area contributed by atoms with Crippen molar-refractivity contribution in [2.45, 2.75) is 26.3 Å². The molecule has 0 fully saturated rings. The third-order valence-corrected chi connectivity index (χ3v) is 3.05. The van der Waals surface area contributed by atoms with Crippen LogP contribution in [0.15, 0.2) is 30.3 Å². The largest absolute Gasteiger partial charge is 0.478 e. The number of aromatic nitrogens is 2. The van der Waals surface area contributed by atoms with E-state index >= 15 is 0 Å². The first kappa shape index (κ1) is 14.8. The van der Waals surface area contributed by atoms with Crippen molar-refractivity contribution >= 4 is 11.9 Å². The zero-order chi connectivity index (χ0) is 15.4. The SMILES string of the molecule is Cc1cc(CC(C)NC(=O)c2ccc(C(=O)O)cc2)n[nH]1. The van der Waals surface area contributed by atoms with Crippen LogP contribution in [0.25, 0.3) is 0 Å². The molecule has 21 heavy (non-hydrogen) atoms. The minimum Gasteiger partial charge on any atom is -0.478 e. The maximum absolute atomic E-state index is 12.0. The van der Waals surface area contributed by atoms with Crippen LogP contribution in [0.3, 0.4) is 0 Å². The molecule has 0 spiro atoms. The van der Waals surface area contributed by atoms with Crippen molar-refractivity contribution in [1.82, 2.24) is 15.5 Å². The number of aromatic carboxylic acids is 1. The maximum Gasteiger partial charge on any atom is 0.335 e. The van der Waals surface area contributed by atoms with Crippen molar-refractivity contribution in [3.05, 3.63) is 52.8 Å². The Labute approximate surface area is 122 Å². The second-order valence-corrected chi connectivity index (χ2v) is 5.00. The molecule has 0 radical (unpaired) electrons. The van der Waals surface area contributed by atoms with Crippen molar-refractivity contribution in [1.29, 1.82) is 0 Å². The molecular weight excluding hydrogens is 270 g/mol. The van der Waals surface area contributed by atoms with Gasteiger partial charge in [0.15, 0.2) is 0 Å². The Morgan fingerprint density at radius 1 is 1.29 bits per heavy atom. The molecule has 6 nitrogen and oxygen atoms in total. The van der Waals surface area contributed by atoms with E-state index in [-0.39, 0.29) is 17.5 Å².